The minimum Gasteiger partial charge on any atom is -0.467 e. The van der Waals surface area contributed by atoms with Gasteiger partial charge in [0.2, 0.25) is 5.76 Å². The molecule has 1 aromatic heterocycles. The predicted molar refractivity (Wildman–Crippen MR) is 84.6 cm³/mol. The topological polar surface area (TPSA) is 92.7 Å². The van der Waals surface area contributed by atoms with Crippen LogP contribution in [0.4, 0.5) is 0 Å². The largest absolute Gasteiger partial charge is 0.467 e. The number of rotatable bonds is 6. The Bertz CT molecular complexity index is 724. The number of hydrogen-bond acceptors (Lipinski definition) is 8. The monoisotopic (exact) mass is 331 g/mol. The van der Waals surface area contributed by atoms with Gasteiger partial charge in [-0.2, -0.15) is 0 Å². The molecule has 0 aliphatic rings. The number of aromatic nitrogens is 3. The third-order valence-electron chi connectivity index (χ3n) is 3.05. The lowest BCUT2D eigenvalue weighted by atomic mass is 10.1. The molecule has 8 nitrogen and oxygen atoms in total. The van der Waals surface area contributed by atoms with Crippen LogP contribution in [0, 0.1) is 0 Å². The van der Waals surface area contributed by atoms with Gasteiger partial charge < -0.3 is 18.9 Å². The van der Waals surface area contributed by atoms with Crippen molar-refractivity contribution in [1.29, 1.82) is 0 Å². The average molecular weight is 331 g/mol. The number of esters is 1. The Labute approximate surface area is 139 Å². The first-order valence-electron chi connectivity index (χ1n) is 6.95. The Morgan fingerprint density at radius 3 is 1.92 bits per heavy atom. The Morgan fingerprint density at radius 2 is 1.42 bits per heavy atom. The Kier molecular flexibility index (Phi) is 5.67. The number of carbonyl (C=O) groups is 1. The van der Waals surface area contributed by atoms with E-state index >= 15 is 0 Å². The molecule has 0 saturated heterocycles. The molecule has 1 aromatic carbocycles. The van der Waals surface area contributed by atoms with E-state index in [9.17, 15) is 4.79 Å². The number of allylic oxidation sites excluding steroid dienone is 1. The minimum atomic E-state index is -0.658. The van der Waals surface area contributed by atoms with Crippen molar-refractivity contribution in [3.8, 4) is 18.0 Å². The molecular weight excluding hydrogens is 314 g/mol. The molecule has 8 heteroatoms. The maximum Gasteiger partial charge on any atom is 0.374 e. The van der Waals surface area contributed by atoms with E-state index in [0.29, 0.717) is 5.57 Å². The summed E-state index contributed by atoms with van der Waals surface area (Å²) >= 11 is 0. The molecule has 1 heterocycles. The maximum atomic E-state index is 12.1. The summed E-state index contributed by atoms with van der Waals surface area (Å²) in [5, 5.41) is 0. The van der Waals surface area contributed by atoms with E-state index in [1.807, 2.05) is 30.3 Å². The fourth-order valence-electron chi connectivity index (χ4n) is 1.82. The van der Waals surface area contributed by atoms with Gasteiger partial charge in [-0.15, -0.1) is 15.0 Å². The summed E-state index contributed by atoms with van der Waals surface area (Å²) in [4.78, 5) is 23.9. The molecule has 0 aliphatic heterocycles. The molecule has 126 valence electrons. The zero-order valence-electron chi connectivity index (χ0n) is 13.8. The van der Waals surface area contributed by atoms with Crippen LogP contribution in [0.3, 0.4) is 0 Å². The van der Waals surface area contributed by atoms with Crippen LogP contribution in [0.2, 0.25) is 0 Å². The smallest absolute Gasteiger partial charge is 0.374 e. The SMILES string of the molecule is COC(=O)/C(Oc1nc(OC)nc(OC)n1)=C(/C)c1ccccc1. The highest BCUT2D eigenvalue weighted by Crippen LogP contribution is 2.23. The van der Waals surface area contributed by atoms with Gasteiger partial charge in [0.05, 0.1) is 21.3 Å². The molecule has 0 N–H and O–H groups in total. The summed E-state index contributed by atoms with van der Waals surface area (Å²) in [5.74, 6) is -0.700. The maximum absolute atomic E-state index is 12.1. The number of hydrogen-bond donors (Lipinski definition) is 0. The standard InChI is InChI=1S/C16H17N3O5/c1-10(11-8-6-5-7-9-11)12(13(20)21-2)24-16-18-14(22-3)17-15(19-16)23-4/h5-9H,1-4H3/b12-10+. The fourth-order valence-corrected chi connectivity index (χ4v) is 1.82. The quantitative estimate of drug-likeness (QED) is 0.450. The zero-order chi connectivity index (χ0) is 17.5. The second kappa shape index (κ2) is 7.91. The van der Waals surface area contributed by atoms with Crippen LogP contribution < -0.4 is 14.2 Å². The molecule has 0 spiro atoms. The normalized spacial score (nSPS) is 11.3. The second-order valence-corrected chi connectivity index (χ2v) is 4.51. The van der Waals surface area contributed by atoms with Gasteiger partial charge in [-0.1, -0.05) is 30.3 Å². The predicted octanol–water partition coefficient (Wildman–Crippen LogP) is 1.87. The van der Waals surface area contributed by atoms with Crippen molar-refractivity contribution in [3.63, 3.8) is 0 Å². The second-order valence-electron chi connectivity index (χ2n) is 4.51. The lowest BCUT2D eigenvalue weighted by Gasteiger charge is -2.11. The highest BCUT2D eigenvalue weighted by atomic mass is 16.6. The molecule has 0 unspecified atom stereocenters. The molecule has 2 aromatic rings. The molecule has 24 heavy (non-hydrogen) atoms. The Balaban J connectivity index is 2.46. The first kappa shape index (κ1) is 17.2. The lowest BCUT2D eigenvalue weighted by molar-refractivity contribution is -0.138. The molecule has 0 radical (unpaired) electrons. The van der Waals surface area contributed by atoms with Gasteiger partial charge in [-0.3, -0.25) is 0 Å². The third-order valence-corrected chi connectivity index (χ3v) is 3.05. The van der Waals surface area contributed by atoms with Crippen molar-refractivity contribution < 1.29 is 23.7 Å². The summed E-state index contributed by atoms with van der Waals surface area (Å²) in [6.45, 7) is 1.73. The van der Waals surface area contributed by atoms with Gasteiger partial charge in [0, 0.05) is 5.57 Å². The molecule has 0 fully saturated rings. The lowest BCUT2D eigenvalue weighted by Crippen LogP contribution is -2.14. The van der Waals surface area contributed by atoms with Crippen LogP contribution in [-0.4, -0.2) is 42.3 Å². The van der Waals surface area contributed by atoms with Crippen LogP contribution in [-0.2, 0) is 9.53 Å². The fraction of sp³-hybridized carbons (Fsp3) is 0.250. The molecule has 0 aliphatic carbocycles. The minimum absolute atomic E-state index is 0.00145. The molecule has 2 rings (SSSR count). The number of nitrogens with zero attached hydrogens (tertiary/aromatic N) is 3. The summed E-state index contributed by atoms with van der Waals surface area (Å²) in [5.41, 5.74) is 1.37. The van der Waals surface area contributed by atoms with Crippen LogP contribution in [0.15, 0.2) is 36.1 Å². The molecule has 0 bridgehead atoms. The third kappa shape index (κ3) is 3.97. The number of benzene rings is 1. The summed E-state index contributed by atoms with van der Waals surface area (Å²) in [6, 6.07) is 9.11. The van der Waals surface area contributed by atoms with Crippen molar-refractivity contribution in [2.75, 3.05) is 21.3 Å². The van der Waals surface area contributed by atoms with Crippen molar-refractivity contribution in [2.24, 2.45) is 0 Å². The van der Waals surface area contributed by atoms with Crippen molar-refractivity contribution >= 4 is 11.5 Å². The first-order valence-corrected chi connectivity index (χ1v) is 6.95. The number of ether oxygens (including phenoxy) is 4. The van der Waals surface area contributed by atoms with E-state index < -0.39 is 5.97 Å². The molecule has 0 amide bonds. The van der Waals surface area contributed by atoms with E-state index in [1.165, 1.54) is 21.3 Å². The van der Waals surface area contributed by atoms with Gasteiger partial charge in [0.15, 0.2) is 0 Å². The number of carbonyl (C=O) groups excluding carboxylic acids is 1. The summed E-state index contributed by atoms with van der Waals surface area (Å²) < 4.78 is 20.2. The van der Waals surface area contributed by atoms with Gasteiger partial charge >= 0.3 is 24.0 Å². The van der Waals surface area contributed by atoms with E-state index in [2.05, 4.69) is 15.0 Å². The number of methoxy groups -OCH3 is 3. The zero-order valence-corrected chi connectivity index (χ0v) is 13.8. The summed E-state index contributed by atoms with van der Waals surface area (Å²) in [6.07, 6.45) is 0. The van der Waals surface area contributed by atoms with Crippen molar-refractivity contribution in [2.45, 2.75) is 6.92 Å². The first-order chi connectivity index (χ1) is 11.6. The molecule has 0 atom stereocenters. The van der Waals surface area contributed by atoms with E-state index in [-0.39, 0.29) is 23.8 Å². The van der Waals surface area contributed by atoms with Crippen LogP contribution in [0.1, 0.15) is 12.5 Å². The van der Waals surface area contributed by atoms with Gasteiger partial charge in [0.1, 0.15) is 0 Å². The van der Waals surface area contributed by atoms with Crippen molar-refractivity contribution in [3.05, 3.63) is 41.7 Å². The van der Waals surface area contributed by atoms with Crippen LogP contribution >= 0.6 is 0 Å². The highest BCUT2D eigenvalue weighted by molar-refractivity contribution is 5.95. The van der Waals surface area contributed by atoms with Crippen molar-refractivity contribution in [1.82, 2.24) is 15.0 Å². The van der Waals surface area contributed by atoms with E-state index in [4.69, 9.17) is 18.9 Å². The van der Waals surface area contributed by atoms with Crippen LogP contribution in [0.5, 0.6) is 18.0 Å². The average Bonchev–Trinajstić information content (AvgIpc) is 2.65. The van der Waals surface area contributed by atoms with E-state index in [0.717, 1.165) is 5.56 Å². The Hall–Kier alpha value is -3.16. The highest BCUT2D eigenvalue weighted by Gasteiger charge is 2.20. The van der Waals surface area contributed by atoms with Gasteiger partial charge in [-0.05, 0) is 12.5 Å². The van der Waals surface area contributed by atoms with E-state index in [1.54, 1.807) is 6.92 Å². The molecule has 0 saturated carbocycles. The van der Waals surface area contributed by atoms with Gasteiger partial charge in [-0.25, -0.2) is 4.79 Å². The Morgan fingerprint density at radius 1 is 0.875 bits per heavy atom. The van der Waals surface area contributed by atoms with Gasteiger partial charge in [0.25, 0.3) is 0 Å². The molecular formula is C16H17N3O5. The van der Waals surface area contributed by atoms with Crippen LogP contribution in [0.25, 0.3) is 5.57 Å². The summed E-state index contributed by atoms with van der Waals surface area (Å²) in [7, 11) is 4.05.